The standard InChI is InChI=1S/C34H38FN7O7S/c1-20(2)30(40-42(12-14-43)34(46)47)32(44)41(13-15-48-3)19-21-4-8-25(37-18-21)29-17-26-31(50-29)28(10-11-36-26)49-27-9-7-23(16-24(27)35)39-33(45)38-22-5-6-22/h4,7-11,14,16-18,20,22,30,40H,5-6,12-13,15,19H2,1-3H3,(H,46,47)(H2,38,39,45). The molecule has 14 nitrogen and oxygen atoms in total. The van der Waals surface area contributed by atoms with E-state index in [4.69, 9.17) is 9.47 Å². The van der Waals surface area contributed by atoms with Gasteiger partial charge in [0.15, 0.2) is 11.6 Å². The van der Waals surface area contributed by atoms with Gasteiger partial charge >= 0.3 is 12.1 Å². The van der Waals surface area contributed by atoms with E-state index in [9.17, 15) is 28.7 Å². The van der Waals surface area contributed by atoms with Crippen LogP contribution in [0.15, 0.2) is 54.9 Å². The van der Waals surface area contributed by atoms with Gasteiger partial charge in [0.1, 0.15) is 18.1 Å². The molecule has 4 aromatic rings. The van der Waals surface area contributed by atoms with E-state index in [1.54, 1.807) is 43.3 Å². The van der Waals surface area contributed by atoms with Gasteiger partial charge in [-0.25, -0.2) is 24.4 Å². The van der Waals surface area contributed by atoms with E-state index in [0.29, 0.717) is 38.6 Å². The monoisotopic (exact) mass is 707 g/mol. The molecule has 16 heteroatoms. The number of anilines is 1. The number of hydrogen-bond acceptors (Lipinski definition) is 10. The Labute approximate surface area is 291 Å². The lowest BCUT2D eigenvalue weighted by Gasteiger charge is -2.32. The van der Waals surface area contributed by atoms with Gasteiger partial charge in [-0.1, -0.05) is 19.9 Å². The van der Waals surface area contributed by atoms with Crippen molar-refractivity contribution >= 4 is 51.6 Å². The molecule has 0 bridgehead atoms. The van der Waals surface area contributed by atoms with Crippen molar-refractivity contribution in [3.8, 4) is 22.1 Å². The molecule has 0 saturated heterocycles. The number of methoxy groups -OCH3 is 1. The molecule has 0 aliphatic heterocycles. The van der Waals surface area contributed by atoms with Crippen LogP contribution < -0.4 is 20.8 Å². The van der Waals surface area contributed by atoms with Crippen molar-refractivity contribution in [1.29, 1.82) is 0 Å². The zero-order valence-electron chi connectivity index (χ0n) is 27.7. The van der Waals surface area contributed by atoms with Crippen LogP contribution in [0.2, 0.25) is 0 Å². The summed E-state index contributed by atoms with van der Waals surface area (Å²) < 4.78 is 26.8. The number of nitrogens with one attached hydrogen (secondary N) is 3. The first kappa shape index (κ1) is 36.1. The van der Waals surface area contributed by atoms with Gasteiger partial charge in [0, 0.05) is 56.5 Å². The van der Waals surface area contributed by atoms with Crippen molar-refractivity contribution in [3.63, 3.8) is 0 Å². The van der Waals surface area contributed by atoms with Gasteiger partial charge in [-0.3, -0.25) is 14.8 Å². The van der Waals surface area contributed by atoms with E-state index in [2.05, 4.69) is 26.0 Å². The minimum Gasteiger partial charge on any atom is -0.464 e. The summed E-state index contributed by atoms with van der Waals surface area (Å²) in [5, 5.41) is 15.6. The molecule has 264 valence electrons. The van der Waals surface area contributed by atoms with Crippen LogP contribution in [0.25, 0.3) is 20.8 Å². The van der Waals surface area contributed by atoms with Crippen LogP contribution in [0.3, 0.4) is 0 Å². The smallest absolute Gasteiger partial charge is 0.422 e. The van der Waals surface area contributed by atoms with Gasteiger partial charge in [-0.2, -0.15) is 0 Å². The fourth-order valence-corrected chi connectivity index (χ4v) is 5.99. The predicted octanol–water partition coefficient (Wildman–Crippen LogP) is 5.26. The first-order valence-corrected chi connectivity index (χ1v) is 16.7. The fourth-order valence-electron chi connectivity index (χ4n) is 4.95. The Hall–Kier alpha value is -5.19. The zero-order valence-corrected chi connectivity index (χ0v) is 28.5. The highest BCUT2D eigenvalue weighted by atomic mass is 32.1. The number of fused-ring (bicyclic) bond motifs is 1. The number of aldehydes is 1. The summed E-state index contributed by atoms with van der Waals surface area (Å²) in [5.41, 5.74) is 5.00. The second-order valence-corrected chi connectivity index (χ2v) is 13.0. The van der Waals surface area contributed by atoms with Crippen molar-refractivity contribution in [2.24, 2.45) is 5.92 Å². The van der Waals surface area contributed by atoms with Crippen molar-refractivity contribution in [2.75, 3.05) is 32.1 Å². The number of rotatable bonds is 16. The van der Waals surface area contributed by atoms with E-state index in [1.807, 2.05) is 18.2 Å². The molecule has 5 rings (SSSR count). The first-order chi connectivity index (χ1) is 24.1. The van der Waals surface area contributed by atoms with Crippen molar-refractivity contribution in [3.05, 3.63) is 66.2 Å². The predicted molar refractivity (Wildman–Crippen MR) is 184 cm³/mol. The quantitative estimate of drug-likeness (QED) is 0.0889. The molecule has 50 heavy (non-hydrogen) atoms. The lowest BCUT2D eigenvalue weighted by molar-refractivity contribution is -0.137. The van der Waals surface area contributed by atoms with Crippen molar-refractivity contribution in [2.45, 2.75) is 45.3 Å². The number of halogens is 1. The van der Waals surface area contributed by atoms with Crippen LogP contribution in [-0.4, -0.2) is 88.2 Å². The molecule has 1 aliphatic carbocycles. The summed E-state index contributed by atoms with van der Waals surface area (Å²) in [4.78, 5) is 59.7. The van der Waals surface area contributed by atoms with Gasteiger partial charge in [0.2, 0.25) is 5.91 Å². The lowest BCUT2D eigenvalue weighted by atomic mass is 10.0. The molecule has 1 saturated carbocycles. The first-order valence-electron chi connectivity index (χ1n) is 15.9. The SMILES string of the molecule is COCCN(Cc1ccc(-c2cc3nccc(Oc4ccc(NC(=O)NC5CC5)cc4F)c3s2)nc1)C(=O)C(NN(CC=O)C(=O)O)C(C)C. The van der Waals surface area contributed by atoms with Crippen LogP contribution in [0, 0.1) is 11.7 Å². The number of benzene rings is 1. The molecule has 0 radical (unpaired) electrons. The topological polar surface area (TPSA) is 175 Å². The van der Waals surface area contributed by atoms with E-state index in [1.165, 1.54) is 30.6 Å². The third-order valence-corrected chi connectivity index (χ3v) is 8.90. The third kappa shape index (κ3) is 9.28. The average Bonchev–Trinajstić information content (AvgIpc) is 3.79. The average molecular weight is 708 g/mol. The Balaban J connectivity index is 1.29. The van der Waals surface area contributed by atoms with Crippen LogP contribution in [-0.2, 0) is 20.9 Å². The molecule has 1 aliphatic rings. The Bertz CT molecular complexity index is 1830. The van der Waals surface area contributed by atoms with Crippen LogP contribution in [0.1, 0.15) is 32.3 Å². The molecular formula is C34H38FN7O7S. The number of carboxylic acid groups (broad SMARTS) is 1. The number of aromatic nitrogens is 2. The number of carbonyl (C=O) groups excluding carboxylic acids is 3. The third-order valence-electron chi connectivity index (χ3n) is 7.74. The van der Waals surface area contributed by atoms with Gasteiger partial charge in [0.05, 0.1) is 33.9 Å². The van der Waals surface area contributed by atoms with Crippen LogP contribution in [0.4, 0.5) is 19.7 Å². The van der Waals surface area contributed by atoms with E-state index < -0.39 is 24.5 Å². The molecule has 1 aromatic carbocycles. The lowest BCUT2D eigenvalue weighted by Crippen LogP contribution is -2.57. The normalized spacial score (nSPS) is 13.1. The Kier molecular flexibility index (Phi) is 11.9. The Morgan fingerprint density at radius 2 is 1.92 bits per heavy atom. The van der Waals surface area contributed by atoms with Crippen molar-refractivity contribution < 1.29 is 38.1 Å². The summed E-state index contributed by atoms with van der Waals surface area (Å²) in [6.45, 7) is 3.79. The van der Waals surface area contributed by atoms with E-state index >= 15 is 0 Å². The number of nitrogens with zero attached hydrogens (tertiary/aromatic N) is 4. The minimum absolute atomic E-state index is 0.00929. The largest absolute Gasteiger partial charge is 0.464 e. The van der Waals surface area contributed by atoms with Crippen molar-refractivity contribution in [1.82, 2.24) is 30.6 Å². The number of thiophene rings is 1. The maximum atomic E-state index is 15.0. The summed E-state index contributed by atoms with van der Waals surface area (Å²) in [6, 6.07) is 10.3. The number of ether oxygens (including phenoxy) is 2. The molecule has 4 amide bonds. The molecule has 0 spiro atoms. The number of urea groups is 1. The molecule has 1 unspecified atom stereocenters. The van der Waals surface area contributed by atoms with Crippen LogP contribution >= 0.6 is 11.3 Å². The fraction of sp³-hybridized carbons (Fsp3) is 0.353. The van der Waals surface area contributed by atoms with E-state index in [-0.39, 0.29) is 49.3 Å². The molecule has 3 heterocycles. The highest BCUT2D eigenvalue weighted by Gasteiger charge is 2.30. The second-order valence-electron chi connectivity index (χ2n) is 12.0. The van der Waals surface area contributed by atoms with Gasteiger partial charge in [-0.15, -0.1) is 11.3 Å². The molecule has 4 N–H and O–H groups in total. The molecule has 1 fully saturated rings. The molecule has 3 aromatic heterocycles. The highest BCUT2D eigenvalue weighted by Crippen LogP contribution is 2.39. The Morgan fingerprint density at radius 1 is 1.12 bits per heavy atom. The van der Waals surface area contributed by atoms with Gasteiger partial charge in [0.25, 0.3) is 0 Å². The second kappa shape index (κ2) is 16.5. The van der Waals surface area contributed by atoms with Gasteiger partial charge < -0.3 is 34.9 Å². The number of amides is 4. The number of carbonyl (C=O) groups is 4. The maximum Gasteiger partial charge on any atom is 0.422 e. The maximum absolute atomic E-state index is 15.0. The number of pyridine rings is 2. The number of hydrogen-bond donors (Lipinski definition) is 4. The Morgan fingerprint density at radius 3 is 2.56 bits per heavy atom. The molecule has 1 atom stereocenters. The van der Waals surface area contributed by atoms with Crippen LogP contribution in [0.5, 0.6) is 11.5 Å². The summed E-state index contributed by atoms with van der Waals surface area (Å²) >= 11 is 1.38. The minimum atomic E-state index is -1.38. The highest BCUT2D eigenvalue weighted by molar-refractivity contribution is 7.22. The zero-order chi connectivity index (χ0) is 35.8. The van der Waals surface area contributed by atoms with Gasteiger partial charge in [-0.05, 0) is 48.6 Å². The molecular weight excluding hydrogens is 669 g/mol. The number of hydrazine groups is 1. The summed E-state index contributed by atoms with van der Waals surface area (Å²) in [6.07, 6.45) is 4.17. The summed E-state index contributed by atoms with van der Waals surface area (Å²) in [7, 11) is 1.52. The van der Waals surface area contributed by atoms with E-state index in [0.717, 1.165) is 23.3 Å². The summed E-state index contributed by atoms with van der Waals surface area (Å²) in [5.74, 6) is -0.895.